The molecule has 0 spiro atoms. The lowest BCUT2D eigenvalue weighted by Crippen LogP contribution is -2.04. The minimum Gasteiger partial charge on any atom is -0.423 e. The Morgan fingerprint density at radius 1 is 1.09 bits per heavy atom. The van der Waals surface area contributed by atoms with Crippen molar-refractivity contribution in [2.75, 3.05) is 0 Å². The van der Waals surface area contributed by atoms with Crippen LogP contribution in [0.5, 0.6) is 5.75 Å². The molecule has 0 atom stereocenters. The lowest BCUT2D eigenvalue weighted by Gasteiger charge is -2.06. The van der Waals surface area contributed by atoms with Gasteiger partial charge in [0.2, 0.25) is 0 Å². The van der Waals surface area contributed by atoms with E-state index in [4.69, 9.17) is 4.74 Å². The first-order valence-electron chi connectivity index (χ1n) is 6.82. The molecule has 0 aliphatic rings. The van der Waals surface area contributed by atoms with Crippen molar-refractivity contribution < 1.29 is 14.3 Å². The third-order valence-corrected chi connectivity index (χ3v) is 3.02. The lowest BCUT2D eigenvalue weighted by atomic mass is 10.1. The zero-order valence-electron chi connectivity index (χ0n) is 12.3. The van der Waals surface area contributed by atoms with Crippen molar-refractivity contribution >= 4 is 17.8 Å². The highest BCUT2D eigenvalue weighted by atomic mass is 16.5. The molecule has 0 aromatic heterocycles. The van der Waals surface area contributed by atoms with Gasteiger partial charge in [-0.1, -0.05) is 49.0 Å². The molecule has 0 aliphatic heterocycles. The Bertz CT molecular complexity index is 728. The average molecular weight is 292 g/mol. The second-order valence-electron chi connectivity index (χ2n) is 4.73. The van der Waals surface area contributed by atoms with Crippen LogP contribution in [0.2, 0.25) is 0 Å². The summed E-state index contributed by atoms with van der Waals surface area (Å²) in [6, 6.07) is 14.4. The van der Waals surface area contributed by atoms with Crippen molar-refractivity contribution in [3.8, 4) is 5.75 Å². The predicted octanol–water partition coefficient (Wildman–Crippen LogP) is 3.98. The summed E-state index contributed by atoms with van der Waals surface area (Å²) in [4.78, 5) is 23.4. The molecule has 0 fully saturated rings. The molecule has 2 aromatic carbocycles. The number of rotatable bonds is 5. The van der Waals surface area contributed by atoms with Crippen molar-refractivity contribution in [3.05, 3.63) is 84.0 Å². The summed E-state index contributed by atoms with van der Waals surface area (Å²) in [7, 11) is 0. The fourth-order valence-corrected chi connectivity index (χ4v) is 1.88. The predicted molar refractivity (Wildman–Crippen MR) is 86.8 cm³/mol. The summed E-state index contributed by atoms with van der Waals surface area (Å²) in [6.45, 7) is 5.27. The maximum Gasteiger partial charge on any atom is 0.335 e. The smallest absolute Gasteiger partial charge is 0.335 e. The van der Waals surface area contributed by atoms with Crippen molar-refractivity contribution in [1.82, 2.24) is 0 Å². The molecular formula is C19H16O3. The van der Waals surface area contributed by atoms with Crippen LogP contribution >= 0.6 is 0 Å². The first-order valence-corrected chi connectivity index (χ1v) is 6.82. The lowest BCUT2D eigenvalue weighted by molar-refractivity contribution is -0.128. The van der Waals surface area contributed by atoms with Gasteiger partial charge in [0, 0.05) is 17.2 Å². The van der Waals surface area contributed by atoms with Crippen LogP contribution in [0.3, 0.4) is 0 Å². The fourth-order valence-electron chi connectivity index (χ4n) is 1.88. The van der Waals surface area contributed by atoms with Crippen LogP contribution in [0.1, 0.15) is 21.5 Å². The maximum absolute atomic E-state index is 12.1. The van der Waals surface area contributed by atoms with Crippen LogP contribution in [0.15, 0.2) is 67.3 Å². The molecule has 0 radical (unpaired) electrons. The van der Waals surface area contributed by atoms with E-state index in [1.807, 2.05) is 31.2 Å². The van der Waals surface area contributed by atoms with Gasteiger partial charge in [-0.2, -0.15) is 0 Å². The number of hydrogen-bond acceptors (Lipinski definition) is 3. The molecule has 0 unspecified atom stereocenters. The van der Waals surface area contributed by atoms with E-state index < -0.39 is 5.97 Å². The van der Waals surface area contributed by atoms with Crippen molar-refractivity contribution in [3.63, 3.8) is 0 Å². The number of esters is 1. The van der Waals surface area contributed by atoms with E-state index in [0.29, 0.717) is 16.9 Å². The van der Waals surface area contributed by atoms with Crippen molar-refractivity contribution in [2.45, 2.75) is 6.92 Å². The summed E-state index contributed by atoms with van der Waals surface area (Å²) < 4.78 is 5.19. The number of hydrogen-bond donors (Lipinski definition) is 0. The van der Waals surface area contributed by atoms with E-state index in [0.717, 1.165) is 11.6 Å². The molecule has 0 N–H and O–H groups in total. The summed E-state index contributed by atoms with van der Waals surface area (Å²) in [5.41, 5.74) is 2.22. The van der Waals surface area contributed by atoms with Gasteiger partial charge in [0.05, 0.1) is 0 Å². The monoisotopic (exact) mass is 292 g/mol. The van der Waals surface area contributed by atoms with Gasteiger partial charge >= 0.3 is 5.97 Å². The van der Waals surface area contributed by atoms with Crippen LogP contribution in [0, 0.1) is 6.92 Å². The van der Waals surface area contributed by atoms with Gasteiger partial charge in [-0.05, 0) is 30.7 Å². The Balaban J connectivity index is 2.25. The van der Waals surface area contributed by atoms with E-state index in [9.17, 15) is 9.59 Å². The minimum atomic E-state index is -0.533. The number of allylic oxidation sites excluding steroid dienone is 1. The highest BCUT2D eigenvalue weighted by molar-refractivity contribution is 6.06. The molecule has 110 valence electrons. The fraction of sp³-hybridized carbons (Fsp3) is 0.0526. The van der Waals surface area contributed by atoms with E-state index in [1.165, 1.54) is 6.08 Å². The molecule has 0 aliphatic carbocycles. The third kappa shape index (κ3) is 4.03. The molecule has 2 rings (SSSR count). The quantitative estimate of drug-likeness (QED) is 0.362. The SMILES string of the molecule is C=CC(=O)Oc1cc(C)ccc1C=CC(=O)c1ccccc1. The van der Waals surface area contributed by atoms with E-state index >= 15 is 0 Å². The van der Waals surface area contributed by atoms with Gasteiger partial charge in [0.1, 0.15) is 5.75 Å². The summed E-state index contributed by atoms with van der Waals surface area (Å²) in [5.74, 6) is -0.237. The Morgan fingerprint density at radius 2 is 1.82 bits per heavy atom. The van der Waals surface area contributed by atoms with Crippen LogP contribution in [-0.4, -0.2) is 11.8 Å². The van der Waals surface area contributed by atoms with Crippen LogP contribution in [-0.2, 0) is 4.79 Å². The van der Waals surface area contributed by atoms with Gasteiger partial charge in [0.15, 0.2) is 5.78 Å². The molecule has 0 bridgehead atoms. The third-order valence-electron chi connectivity index (χ3n) is 3.02. The van der Waals surface area contributed by atoms with Gasteiger partial charge < -0.3 is 4.74 Å². The van der Waals surface area contributed by atoms with Gasteiger partial charge in [0.25, 0.3) is 0 Å². The largest absolute Gasteiger partial charge is 0.423 e. The molecule has 2 aromatic rings. The Hall–Kier alpha value is -2.94. The van der Waals surface area contributed by atoms with E-state index in [2.05, 4.69) is 6.58 Å². The van der Waals surface area contributed by atoms with Crippen LogP contribution < -0.4 is 4.74 Å². The van der Waals surface area contributed by atoms with Gasteiger partial charge in [-0.3, -0.25) is 4.79 Å². The first kappa shape index (κ1) is 15.4. The number of carbonyl (C=O) groups excluding carboxylic acids is 2. The molecule has 3 heteroatoms. The second kappa shape index (κ2) is 7.18. The normalized spacial score (nSPS) is 10.4. The highest BCUT2D eigenvalue weighted by Crippen LogP contribution is 2.22. The molecule has 0 saturated carbocycles. The van der Waals surface area contributed by atoms with Crippen LogP contribution in [0.4, 0.5) is 0 Å². The number of ether oxygens (including phenoxy) is 1. The van der Waals surface area contributed by atoms with E-state index in [-0.39, 0.29) is 5.78 Å². The van der Waals surface area contributed by atoms with Crippen LogP contribution in [0.25, 0.3) is 6.08 Å². The highest BCUT2D eigenvalue weighted by Gasteiger charge is 2.06. The summed E-state index contributed by atoms with van der Waals surface area (Å²) in [5, 5.41) is 0. The zero-order valence-corrected chi connectivity index (χ0v) is 12.3. The topological polar surface area (TPSA) is 43.4 Å². The standard InChI is InChI=1S/C19H16O3/c1-3-19(21)22-18-13-14(2)9-10-16(18)11-12-17(20)15-7-5-4-6-8-15/h3-13H,1H2,2H3. The first-order chi connectivity index (χ1) is 10.6. The van der Waals surface area contributed by atoms with Gasteiger partial charge in [-0.15, -0.1) is 0 Å². The molecule has 0 saturated heterocycles. The number of carbonyl (C=O) groups is 2. The Morgan fingerprint density at radius 3 is 2.50 bits per heavy atom. The summed E-state index contributed by atoms with van der Waals surface area (Å²) >= 11 is 0. The van der Waals surface area contributed by atoms with Crippen molar-refractivity contribution in [1.29, 1.82) is 0 Å². The van der Waals surface area contributed by atoms with Gasteiger partial charge in [-0.25, -0.2) is 4.79 Å². The number of aryl methyl sites for hydroxylation is 1. The molecular weight excluding hydrogens is 276 g/mol. The zero-order chi connectivity index (χ0) is 15.9. The molecule has 22 heavy (non-hydrogen) atoms. The van der Waals surface area contributed by atoms with Crippen molar-refractivity contribution in [2.24, 2.45) is 0 Å². The minimum absolute atomic E-state index is 0.109. The Kier molecular flexibility index (Phi) is 5.04. The summed E-state index contributed by atoms with van der Waals surface area (Å²) in [6.07, 6.45) is 4.21. The Labute approximate surface area is 129 Å². The van der Waals surface area contributed by atoms with E-state index in [1.54, 1.807) is 30.3 Å². The molecule has 3 nitrogen and oxygen atoms in total. The number of ketones is 1. The maximum atomic E-state index is 12.1. The average Bonchev–Trinajstić information content (AvgIpc) is 2.54. The number of benzene rings is 2. The molecule has 0 heterocycles. The molecule has 0 amide bonds. The second-order valence-corrected chi connectivity index (χ2v) is 4.73.